The van der Waals surface area contributed by atoms with Crippen molar-refractivity contribution in [1.29, 1.82) is 0 Å². The Balaban J connectivity index is 2.26. The van der Waals surface area contributed by atoms with Crippen LogP contribution in [-0.4, -0.2) is 31.7 Å². The van der Waals surface area contributed by atoms with E-state index in [1.165, 1.54) is 12.8 Å². The van der Waals surface area contributed by atoms with Crippen molar-refractivity contribution < 1.29 is 9.53 Å². The van der Waals surface area contributed by atoms with E-state index in [0.717, 1.165) is 38.6 Å². The maximum Gasteiger partial charge on any atom is 0.220 e. The SMILES string of the molecule is CCCC(CCN)CCC(=O)NC1CCCC1OC. The molecule has 112 valence electrons. The van der Waals surface area contributed by atoms with Crippen LogP contribution < -0.4 is 11.1 Å². The van der Waals surface area contributed by atoms with Crippen molar-refractivity contribution in [2.75, 3.05) is 13.7 Å². The first-order valence-electron chi connectivity index (χ1n) is 7.73. The Hall–Kier alpha value is -0.610. The Morgan fingerprint density at radius 3 is 2.79 bits per heavy atom. The van der Waals surface area contributed by atoms with Crippen molar-refractivity contribution in [2.45, 2.75) is 70.4 Å². The molecule has 1 saturated carbocycles. The molecule has 0 heterocycles. The topological polar surface area (TPSA) is 64.4 Å². The van der Waals surface area contributed by atoms with Crippen LogP contribution in [0.4, 0.5) is 0 Å². The molecule has 0 spiro atoms. The lowest BCUT2D eigenvalue weighted by Gasteiger charge is -2.20. The zero-order valence-corrected chi connectivity index (χ0v) is 12.5. The third kappa shape index (κ3) is 5.91. The molecule has 3 atom stereocenters. The van der Waals surface area contributed by atoms with E-state index in [2.05, 4.69) is 12.2 Å². The second-order valence-electron chi connectivity index (χ2n) is 5.65. The molecule has 0 bridgehead atoms. The Kier molecular flexibility index (Phi) is 8.07. The summed E-state index contributed by atoms with van der Waals surface area (Å²) in [7, 11) is 1.73. The summed E-state index contributed by atoms with van der Waals surface area (Å²) in [5.74, 6) is 0.773. The van der Waals surface area contributed by atoms with Crippen molar-refractivity contribution >= 4 is 5.91 Å². The van der Waals surface area contributed by atoms with E-state index in [9.17, 15) is 4.79 Å². The van der Waals surface area contributed by atoms with Crippen molar-refractivity contribution in [3.63, 3.8) is 0 Å². The summed E-state index contributed by atoms with van der Waals surface area (Å²) < 4.78 is 5.40. The first-order valence-corrected chi connectivity index (χ1v) is 7.73. The van der Waals surface area contributed by atoms with Crippen LogP contribution in [0.1, 0.15) is 58.3 Å². The maximum absolute atomic E-state index is 12.0. The summed E-state index contributed by atoms with van der Waals surface area (Å²) in [5.41, 5.74) is 5.62. The Bertz CT molecular complexity index is 253. The minimum atomic E-state index is 0.173. The summed E-state index contributed by atoms with van der Waals surface area (Å²) in [6, 6.07) is 0.219. The fourth-order valence-electron chi connectivity index (χ4n) is 3.06. The van der Waals surface area contributed by atoms with E-state index in [1.54, 1.807) is 7.11 Å². The van der Waals surface area contributed by atoms with Gasteiger partial charge in [0, 0.05) is 13.5 Å². The van der Waals surface area contributed by atoms with Gasteiger partial charge in [-0.25, -0.2) is 0 Å². The van der Waals surface area contributed by atoms with Crippen LogP contribution in [0.5, 0.6) is 0 Å². The van der Waals surface area contributed by atoms with Gasteiger partial charge in [-0.3, -0.25) is 4.79 Å². The normalized spacial score (nSPS) is 24.4. The fourth-order valence-corrected chi connectivity index (χ4v) is 3.06. The summed E-state index contributed by atoms with van der Waals surface area (Å²) >= 11 is 0. The Morgan fingerprint density at radius 2 is 2.16 bits per heavy atom. The van der Waals surface area contributed by atoms with Crippen LogP contribution >= 0.6 is 0 Å². The number of carbonyl (C=O) groups excluding carboxylic acids is 1. The van der Waals surface area contributed by atoms with Crippen LogP contribution in [0.3, 0.4) is 0 Å². The highest BCUT2D eigenvalue weighted by molar-refractivity contribution is 5.76. The van der Waals surface area contributed by atoms with E-state index in [0.29, 0.717) is 12.3 Å². The highest BCUT2D eigenvalue weighted by Gasteiger charge is 2.28. The van der Waals surface area contributed by atoms with Gasteiger partial charge in [-0.15, -0.1) is 0 Å². The largest absolute Gasteiger partial charge is 0.379 e. The zero-order chi connectivity index (χ0) is 14.1. The second kappa shape index (κ2) is 9.32. The molecular weight excluding hydrogens is 240 g/mol. The van der Waals surface area contributed by atoms with Gasteiger partial charge in [-0.05, 0) is 44.6 Å². The van der Waals surface area contributed by atoms with E-state index in [4.69, 9.17) is 10.5 Å². The molecule has 0 aromatic rings. The minimum Gasteiger partial charge on any atom is -0.379 e. The average Bonchev–Trinajstić information content (AvgIpc) is 2.83. The van der Waals surface area contributed by atoms with E-state index < -0.39 is 0 Å². The van der Waals surface area contributed by atoms with Gasteiger partial charge in [0.05, 0.1) is 12.1 Å². The lowest BCUT2D eigenvalue weighted by atomic mass is 9.94. The van der Waals surface area contributed by atoms with Crippen LogP contribution in [0.25, 0.3) is 0 Å². The highest BCUT2D eigenvalue weighted by Crippen LogP contribution is 2.22. The molecule has 1 aliphatic carbocycles. The standard InChI is InChI=1S/C15H30N2O2/c1-3-5-12(10-11-16)8-9-15(18)17-13-6-4-7-14(13)19-2/h12-14H,3-11,16H2,1-2H3,(H,17,18). The van der Waals surface area contributed by atoms with Gasteiger partial charge < -0.3 is 15.8 Å². The molecule has 0 radical (unpaired) electrons. The molecule has 3 N–H and O–H groups in total. The number of nitrogens with one attached hydrogen (secondary N) is 1. The number of nitrogens with two attached hydrogens (primary N) is 1. The predicted octanol–water partition coefficient (Wildman–Crippen LogP) is 2.22. The first kappa shape index (κ1) is 16.4. The molecule has 1 rings (SSSR count). The van der Waals surface area contributed by atoms with Gasteiger partial charge in [0.25, 0.3) is 0 Å². The second-order valence-corrected chi connectivity index (χ2v) is 5.65. The molecule has 19 heavy (non-hydrogen) atoms. The first-order chi connectivity index (χ1) is 9.21. The number of amides is 1. The lowest BCUT2D eigenvalue weighted by molar-refractivity contribution is -0.122. The molecule has 0 aromatic carbocycles. The number of ether oxygens (including phenoxy) is 1. The van der Waals surface area contributed by atoms with Crippen LogP contribution in [-0.2, 0) is 9.53 Å². The highest BCUT2D eigenvalue weighted by atomic mass is 16.5. The van der Waals surface area contributed by atoms with Crippen LogP contribution in [0.15, 0.2) is 0 Å². The molecule has 4 nitrogen and oxygen atoms in total. The van der Waals surface area contributed by atoms with Gasteiger partial charge in [-0.1, -0.05) is 19.8 Å². The monoisotopic (exact) mass is 270 g/mol. The van der Waals surface area contributed by atoms with Gasteiger partial charge in [-0.2, -0.15) is 0 Å². The molecule has 1 amide bonds. The van der Waals surface area contributed by atoms with Crippen molar-refractivity contribution in [1.82, 2.24) is 5.32 Å². The molecule has 0 aromatic heterocycles. The number of rotatable bonds is 9. The lowest BCUT2D eigenvalue weighted by Crippen LogP contribution is -2.40. The van der Waals surface area contributed by atoms with Crippen LogP contribution in [0.2, 0.25) is 0 Å². The summed E-state index contributed by atoms with van der Waals surface area (Å²) in [5, 5.41) is 3.12. The summed E-state index contributed by atoms with van der Waals surface area (Å²) in [6.45, 7) is 2.91. The zero-order valence-electron chi connectivity index (χ0n) is 12.5. The average molecular weight is 270 g/mol. The molecular formula is C15H30N2O2. The molecule has 0 saturated heterocycles. The molecule has 1 aliphatic rings. The van der Waals surface area contributed by atoms with Crippen molar-refractivity contribution in [3.05, 3.63) is 0 Å². The minimum absolute atomic E-state index is 0.173. The smallest absolute Gasteiger partial charge is 0.220 e. The van der Waals surface area contributed by atoms with Gasteiger partial charge in [0.15, 0.2) is 0 Å². The number of carbonyl (C=O) groups is 1. The molecule has 4 heteroatoms. The van der Waals surface area contributed by atoms with Gasteiger partial charge in [0.1, 0.15) is 0 Å². The van der Waals surface area contributed by atoms with Gasteiger partial charge >= 0.3 is 0 Å². The van der Waals surface area contributed by atoms with E-state index in [-0.39, 0.29) is 18.1 Å². The summed E-state index contributed by atoms with van der Waals surface area (Å²) in [6.07, 6.45) is 8.42. The molecule has 3 unspecified atom stereocenters. The number of hydrogen-bond acceptors (Lipinski definition) is 3. The fraction of sp³-hybridized carbons (Fsp3) is 0.933. The predicted molar refractivity (Wildman–Crippen MR) is 77.9 cm³/mol. The van der Waals surface area contributed by atoms with Gasteiger partial charge in [0.2, 0.25) is 5.91 Å². The number of hydrogen-bond donors (Lipinski definition) is 2. The quantitative estimate of drug-likeness (QED) is 0.675. The maximum atomic E-state index is 12.0. The van der Waals surface area contributed by atoms with E-state index >= 15 is 0 Å². The Labute approximate surface area is 117 Å². The summed E-state index contributed by atoms with van der Waals surface area (Å²) in [4.78, 5) is 12.0. The molecule has 0 aliphatic heterocycles. The van der Waals surface area contributed by atoms with E-state index in [1.807, 2.05) is 0 Å². The third-order valence-electron chi connectivity index (χ3n) is 4.15. The van der Waals surface area contributed by atoms with Crippen molar-refractivity contribution in [3.8, 4) is 0 Å². The third-order valence-corrected chi connectivity index (χ3v) is 4.15. The molecule has 1 fully saturated rings. The number of methoxy groups -OCH3 is 1. The van der Waals surface area contributed by atoms with Crippen molar-refractivity contribution in [2.24, 2.45) is 11.7 Å². The Morgan fingerprint density at radius 1 is 1.37 bits per heavy atom. The van der Waals surface area contributed by atoms with Crippen LogP contribution in [0, 0.1) is 5.92 Å².